The molecule has 128 valence electrons. The molecule has 3 aromatic carbocycles. The third-order valence-electron chi connectivity index (χ3n) is 4.04. The predicted molar refractivity (Wildman–Crippen MR) is 106 cm³/mol. The summed E-state index contributed by atoms with van der Waals surface area (Å²) in [5, 5.41) is 2.89. The van der Waals surface area contributed by atoms with E-state index in [9.17, 15) is 4.79 Å². The molecule has 0 aliphatic rings. The van der Waals surface area contributed by atoms with Crippen molar-refractivity contribution >= 4 is 38.6 Å². The van der Waals surface area contributed by atoms with Crippen LogP contribution in [0, 0.1) is 6.92 Å². The summed E-state index contributed by atoms with van der Waals surface area (Å²) in [7, 11) is 0. The summed E-state index contributed by atoms with van der Waals surface area (Å²) in [4.78, 5) is 16.8. The van der Waals surface area contributed by atoms with Gasteiger partial charge in [0.25, 0.3) is 5.91 Å². The molecule has 0 saturated carbocycles. The van der Waals surface area contributed by atoms with Crippen molar-refractivity contribution in [3.8, 4) is 11.5 Å². The normalized spacial score (nSPS) is 10.8. The van der Waals surface area contributed by atoms with Crippen molar-refractivity contribution in [3.05, 3.63) is 82.3 Å². The second kappa shape index (κ2) is 6.77. The van der Waals surface area contributed by atoms with Crippen LogP contribution < -0.4 is 5.32 Å². The van der Waals surface area contributed by atoms with Crippen LogP contribution in [0.25, 0.3) is 22.6 Å². The van der Waals surface area contributed by atoms with Gasteiger partial charge in [0.2, 0.25) is 5.89 Å². The Morgan fingerprint density at radius 1 is 1.00 bits per heavy atom. The Balaban J connectivity index is 1.54. The van der Waals surface area contributed by atoms with Gasteiger partial charge in [-0.15, -0.1) is 0 Å². The Morgan fingerprint density at radius 3 is 2.46 bits per heavy atom. The number of carbonyl (C=O) groups is 1. The van der Waals surface area contributed by atoms with Crippen LogP contribution in [0.3, 0.4) is 0 Å². The van der Waals surface area contributed by atoms with Crippen molar-refractivity contribution < 1.29 is 9.21 Å². The molecular weight excluding hydrogens is 392 g/mol. The molecular formula is C21H15BrN2O2. The molecule has 0 spiro atoms. The first-order valence-corrected chi connectivity index (χ1v) is 8.92. The van der Waals surface area contributed by atoms with Crippen molar-refractivity contribution in [1.29, 1.82) is 0 Å². The molecule has 0 saturated heterocycles. The smallest absolute Gasteiger partial charge is 0.255 e. The third kappa shape index (κ3) is 3.39. The van der Waals surface area contributed by atoms with E-state index in [-0.39, 0.29) is 5.91 Å². The van der Waals surface area contributed by atoms with Gasteiger partial charge in [-0.1, -0.05) is 22.0 Å². The summed E-state index contributed by atoms with van der Waals surface area (Å²) in [6.45, 7) is 2.02. The molecule has 0 atom stereocenters. The van der Waals surface area contributed by atoms with Crippen LogP contribution in [0.2, 0.25) is 0 Å². The van der Waals surface area contributed by atoms with Gasteiger partial charge in [-0.05, 0) is 73.2 Å². The van der Waals surface area contributed by atoms with Crippen molar-refractivity contribution in [2.24, 2.45) is 0 Å². The topological polar surface area (TPSA) is 55.1 Å². The number of anilines is 1. The molecule has 0 fully saturated rings. The maximum absolute atomic E-state index is 12.3. The molecule has 1 amide bonds. The summed E-state index contributed by atoms with van der Waals surface area (Å²) in [5.41, 5.74) is 4.91. The first-order valence-electron chi connectivity index (χ1n) is 8.13. The minimum atomic E-state index is -0.150. The number of oxazole rings is 1. The van der Waals surface area contributed by atoms with E-state index in [1.54, 1.807) is 12.1 Å². The number of amides is 1. The van der Waals surface area contributed by atoms with Gasteiger partial charge in [0.1, 0.15) is 5.52 Å². The van der Waals surface area contributed by atoms with Crippen LogP contribution in [-0.2, 0) is 0 Å². The Morgan fingerprint density at radius 2 is 1.73 bits per heavy atom. The highest BCUT2D eigenvalue weighted by Gasteiger charge is 2.10. The zero-order valence-corrected chi connectivity index (χ0v) is 15.6. The number of benzene rings is 3. The molecule has 4 aromatic rings. The number of hydrogen-bond donors (Lipinski definition) is 1. The summed E-state index contributed by atoms with van der Waals surface area (Å²) >= 11 is 3.36. The van der Waals surface area contributed by atoms with E-state index in [1.807, 2.05) is 61.5 Å². The fourth-order valence-corrected chi connectivity index (χ4v) is 2.92. The number of halogens is 1. The van der Waals surface area contributed by atoms with E-state index in [4.69, 9.17) is 4.42 Å². The number of rotatable bonds is 3. The first kappa shape index (κ1) is 16.5. The molecule has 26 heavy (non-hydrogen) atoms. The number of aryl methyl sites for hydroxylation is 1. The highest BCUT2D eigenvalue weighted by Crippen LogP contribution is 2.26. The average molecular weight is 407 g/mol. The van der Waals surface area contributed by atoms with Crippen LogP contribution in [-0.4, -0.2) is 10.9 Å². The lowest BCUT2D eigenvalue weighted by Gasteiger charge is -2.06. The maximum Gasteiger partial charge on any atom is 0.255 e. The molecule has 4 rings (SSSR count). The number of hydrogen-bond acceptors (Lipinski definition) is 3. The highest BCUT2D eigenvalue weighted by atomic mass is 79.9. The van der Waals surface area contributed by atoms with Gasteiger partial charge in [-0.3, -0.25) is 4.79 Å². The summed E-state index contributed by atoms with van der Waals surface area (Å²) in [6, 6.07) is 20.6. The molecule has 1 heterocycles. The Bertz CT molecular complexity index is 1080. The number of carbonyl (C=O) groups excluding carboxylic acids is 1. The van der Waals surface area contributed by atoms with E-state index in [2.05, 4.69) is 26.2 Å². The van der Waals surface area contributed by atoms with Crippen molar-refractivity contribution in [3.63, 3.8) is 0 Å². The van der Waals surface area contributed by atoms with Gasteiger partial charge in [0.05, 0.1) is 0 Å². The molecule has 0 unspecified atom stereocenters. The molecule has 0 aliphatic carbocycles. The zero-order valence-electron chi connectivity index (χ0n) is 14.0. The van der Waals surface area contributed by atoms with Crippen LogP contribution in [0.15, 0.2) is 75.6 Å². The summed E-state index contributed by atoms with van der Waals surface area (Å²) in [5.74, 6) is 0.416. The van der Waals surface area contributed by atoms with Crippen molar-refractivity contribution in [2.75, 3.05) is 5.32 Å². The lowest BCUT2D eigenvalue weighted by molar-refractivity contribution is 0.102. The van der Waals surface area contributed by atoms with Gasteiger partial charge in [0.15, 0.2) is 5.58 Å². The minimum absolute atomic E-state index is 0.150. The van der Waals surface area contributed by atoms with Gasteiger partial charge in [0, 0.05) is 21.3 Å². The van der Waals surface area contributed by atoms with E-state index in [0.29, 0.717) is 17.1 Å². The van der Waals surface area contributed by atoms with E-state index >= 15 is 0 Å². The van der Waals surface area contributed by atoms with E-state index in [1.165, 1.54) is 0 Å². The summed E-state index contributed by atoms with van der Waals surface area (Å²) in [6.07, 6.45) is 0. The van der Waals surface area contributed by atoms with Gasteiger partial charge in [-0.25, -0.2) is 4.98 Å². The molecule has 0 aliphatic heterocycles. The van der Waals surface area contributed by atoms with E-state index in [0.717, 1.165) is 26.7 Å². The molecule has 4 nitrogen and oxygen atoms in total. The maximum atomic E-state index is 12.3. The highest BCUT2D eigenvalue weighted by molar-refractivity contribution is 9.10. The number of nitrogens with one attached hydrogen (secondary N) is 1. The Kier molecular flexibility index (Phi) is 4.31. The second-order valence-electron chi connectivity index (χ2n) is 6.03. The quantitative estimate of drug-likeness (QED) is 0.466. The Labute approximate surface area is 159 Å². The SMILES string of the molecule is Cc1ccc2nc(-c3ccc(NC(=O)c4ccc(Br)cc4)cc3)oc2c1. The number of aromatic nitrogens is 1. The molecule has 1 N–H and O–H groups in total. The van der Waals surface area contributed by atoms with Gasteiger partial charge < -0.3 is 9.73 Å². The van der Waals surface area contributed by atoms with Crippen LogP contribution >= 0.6 is 15.9 Å². The Hall–Kier alpha value is -2.92. The molecule has 5 heteroatoms. The first-order chi connectivity index (χ1) is 12.6. The number of fused-ring (bicyclic) bond motifs is 1. The number of nitrogens with zero attached hydrogens (tertiary/aromatic N) is 1. The fourth-order valence-electron chi connectivity index (χ4n) is 2.66. The van der Waals surface area contributed by atoms with Crippen molar-refractivity contribution in [2.45, 2.75) is 6.92 Å². The summed E-state index contributed by atoms with van der Waals surface area (Å²) < 4.78 is 6.77. The molecule has 1 aromatic heterocycles. The van der Waals surface area contributed by atoms with E-state index < -0.39 is 0 Å². The van der Waals surface area contributed by atoms with Crippen LogP contribution in [0.5, 0.6) is 0 Å². The van der Waals surface area contributed by atoms with Gasteiger partial charge in [-0.2, -0.15) is 0 Å². The van der Waals surface area contributed by atoms with Crippen molar-refractivity contribution in [1.82, 2.24) is 4.98 Å². The second-order valence-corrected chi connectivity index (χ2v) is 6.94. The molecule has 0 radical (unpaired) electrons. The van der Waals surface area contributed by atoms with Gasteiger partial charge >= 0.3 is 0 Å². The molecule has 0 bridgehead atoms. The van der Waals surface area contributed by atoms with Crippen LogP contribution in [0.4, 0.5) is 5.69 Å². The third-order valence-corrected chi connectivity index (χ3v) is 4.57. The lowest BCUT2D eigenvalue weighted by atomic mass is 10.2. The average Bonchev–Trinajstić information content (AvgIpc) is 3.06. The van der Waals surface area contributed by atoms with Crippen LogP contribution in [0.1, 0.15) is 15.9 Å². The minimum Gasteiger partial charge on any atom is -0.436 e. The lowest BCUT2D eigenvalue weighted by Crippen LogP contribution is -2.11. The fraction of sp³-hybridized carbons (Fsp3) is 0.0476. The predicted octanol–water partition coefficient (Wildman–Crippen LogP) is 5.82. The standard InChI is InChI=1S/C21H15BrN2O2/c1-13-2-11-18-19(12-13)26-21(24-18)15-5-9-17(10-6-15)23-20(25)14-3-7-16(22)8-4-14/h2-12H,1H3,(H,23,25). The monoisotopic (exact) mass is 406 g/mol. The largest absolute Gasteiger partial charge is 0.436 e. The zero-order chi connectivity index (χ0) is 18.1.